The van der Waals surface area contributed by atoms with Gasteiger partial charge in [0.2, 0.25) is 17.8 Å². The summed E-state index contributed by atoms with van der Waals surface area (Å²) in [6.07, 6.45) is 11.5. The molecule has 684 valence electrons. The largest absolute Gasteiger partial charge is 0.456 e. The molecule has 0 aliphatic heterocycles. The second kappa shape index (κ2) is 38.6. The molecule has 145 heavy (non-hydrogen) atoms. The van der Waals surface area contributed by atoms with E-state index >= 15 is 0 Å². The van der Waals surface area contributed by atoms with Crippen molar-refractivity contribution in [3.63, 3.8) is 0 Å². The number of aromatic nitrogens is 9. The van der Waals surface area contributed by atoms with Gasteiger partial charge >= 0.3 is 0 Å². The first-order valence-corrected chi connectivity index (χ1v) is 48.6. The van der Waals surface area contributed by atoms with Crippen LogP contribution in [0.15, 0.2) is 551 Å². The molecule has 0 aliphatic rings. The van der Waals surface area contributed by atoms with E-state index in [2.05, 4.69) is 477 Å². The molecular weight excluding hydrogens is 1770 g/mol. The lowest BCUT2D eigenvalue weighted by Crippen LogP contribution is -2.13. The minimum Gasteiger partial charge on any atom is -0.456 e. The van der Waals surface area contributed by atoms with Crippen molar-refractivity contribution >= 4 is 139 Å². The van der Waals surface area contributed by atoms with Crippen molar-refractivity contribution in [1.82, 2.24) is 43.6 Å². The summed E-state index contributed by atoms with van der Waals surface area (Å²) < 4.78 is 13.2. The topological polar surface area (TPSA) is 115 Å². The molecule has 27 aromatic rings. The van der Waals surface area contributed by atoms with Crippen molar-refractivity contribution in [1.29, 1.82) is 0 Å². The molecule has 13 heteroatoms. The van der Waals surface area contributed by atoms with Gasteiger partial charge in [-0.05, 0) is 225 Å². The molecule has 0 fully saturated rings. The lowest BCUT2D eigenvalue weighted by atomic mass is 10.0. The van der Waals surface area contributed by atoms with Crippen molar-refractivity contribution < 1.29 is 4.42 Å². The Balaban J connectivity index is 0.000000114. The maximum absolute atomic E-state index is 6.18. The van der Waals surface area contributed by atoms with Gasteiger partial charge in [-0.1, -0.05) is 346 Å². The average Bonchev–Trinajstić information content (AvgIpc) is 1.60. The summed E-state index contributed by atoms with van der Waals surface area (Å²) >= 11 is 0. The number of fused-ring (bicyclic) bond motifs is 12. The molecule has 20 aromatic carbocycles. The fourth-order valence-electron chi connectivity index (χ4n) is 20.1. The minimum atomic E-state index is 0.585. The van der Waals surface area contributed by atoms with E-state index in [0.29, 0.717) is 17.8 Å². The predicted molar refractivity (Wildman–Crippen MR) is 598 cm³/mol. The van der Waals surface area contributed by atoms with Gasteiger partial charge in [0.1, 0.15) is 11.2 Å². The monoisotopic (exact) mass is 1860 g/mol. The Morgan fingerprint density at radius 2 is 0.359 bits per heavy atom. The van der Waals surface area contributed by atoms with Gasteiger partial charge in [-0.2, -0.15) is 0 Å². The molecule has 27 rings (SSSR count). The van der Waals surface area contributed by atoms with Gasteiger partial charge in [0.15, 0.2) is 0 Å². The molecule has 0 unspecified atom stereocenters. The molecule has 0 bridgehead atoms. The van der Waals surface area contributed by atoms with E-state index in [-0.39, 0.29) is 0 Å². The Labute approximate surface area is 838 Å². The molecule has 0 saturated heterocycles. The first-order chi connectivity index (χ1) is 71.9. The summed E-state index contributed by atoms with van der Waals surface area (Å²) in [6.45, 7) is 0. The Kier molecular flexibility index (Phi) is 23.1. The van der Waals surface area contributed by atoms with Crippen molar-refractivity contribution in [2.45, 2.75) is 0 Å². The first-order valence-electron chi connectivity index (χ1n) is 48.6. The molecule has 7 aromatic heterocycles. The molecule has 0 amide bonds. The third-order valence-corrected chi connectivity index (χ3v) is 27.1. The van der Waals surface area contributed by atoms with Crippen molar-refractivity contribution in [3.8, 4) is 95.0 Å². The van der Waals surface area contributed by atoms with Crippen LogP contribution in [0.4, 0.5) is 52.0 Å². The molecule has 7 heterocycles. The molecule has 0 radical (unpaired) electrons. The van der Waals surface area contributed by atoms with E-state index in [1.54, 1.807) is 0 Å². The summed E-state index contributed by atoms with van der Waals surface area (Å²) in [7, 11) is 0. The number of rotatable bonds is 19. The standard InChI is InChI=1S/C46H30N4O.C46H32N4.C40H28N4/c1-3-11-31(12-4-1)32-19-22-36(23-20-32)49(37-24-26-43-41(28-37)38-15-7-9-17-42(38)50(43)35-13-5-2-6-14-35)46-47-29-34(30-48-46)33-21-25-40-39-16-8-10-18-44(39)51-45(40)27-33;1-4-12-33(13-5-1)35-20-22-37(23-21-35)38-31-47-46(48-32-38)49(40-26-24-36(25-27-40)34-14-6-2-7-15-34)41-28-29-45-43(30-41)42-18-10-11-19-44(42)50(45)39-16-8-3-9-17-39;1-4-12-29(13-5-1)31-20-22-34(23-21-31)43(40-41-27-32(28-42-40)30-14-6-2-7-15-30)35-24-25-39-37(26-35)36-18-10-11-19-38(36)44(39)33-16-8-3-9-17-33/h1-30H;1-32H;1-28H. The van der Waals surface area contributed by atoms with E-state index in [1.165, 1.54) is 65.8 Å². The average molecular weight is 1860 g/mol. The van der Waals surface area contributed by atoms with Crippen LogP contribution >= 0.6 is 0 Å². The minimum absolute atomic E-state index is 0.585. The van der Waals surface area contributed by atoms with Crippen molar-refractivity contribution in [3.05, 3.63) is 547 Å². The molecule has 0 N–H and O–H groups in total. The Bertz CT molecular complexity index is 9200. The van der Waals surface area contributed by atoms with Crippen molar-refractivity contribution in [2.75, 3.05) is 14.7 Å². The number of benzene rings is 20. The second-order valence-corrected chi connectivity index (χ2v) is 35.8. The van der Waals surface area contributed by atoms with Gasteiger partial charge in [-0.25, -0.2) is 29.9 Å². The number of hydrogen-bond donors (Lipinski definition) is 0. The highest BCUT2D eigenvalue weighted by molar-refractivity contribution is 6.14. The Hall–Kier alpha value is -19.8. The molecule has 0 spiro atoms. The fraction of sp³-hybridized carbons (Fsp3) is 0. The van der Waals surface area contributed by atoms with E-state index < -0.39 is 0 Å². The first kappa shape index (κ1) is 86.8. The third-order valence-electron chi connectivity index (χ3n) is 27.1. The van der Waals surface area contributed by atoms with Gasteiger partial charge in [0.05, 0.1) is 33.1 Å². The molecule has 0 saturated carbocycles. The zero-order valence-electron chi connectivity index (χ0n) is 78.7. The normalized spacial score (nSPS) is 11.3. The maximum Gasteiger partial charge on any atom is 0.234 e. The summed E-state index contributed by atoms with van der Waals surface area (Å²) in [5.41, 5.74) is 33.4. The number of anilines is 9. The summed E-state index contributed by atoms with van der Waals surface area (Å²) in [6, 6.07) is 178. The molecular formula is C132H90N12O. The van der Waals surface area contributed by atoms with E-state index in [0.717, 1.165) is 151 Å². The number of hydrogen-bond acceptors (Lipinski definition) is 10. The highest BCUT2D eigenvalue weighted by atomic mass is 16.3. The number of para-hydroxylation sites is 7. The second-order valence-electron chi connectivity index (χ2n) is 35.8. The predicted octanol–water partition coefficient (Wildman–Crippen LogP) is 34.7. The van der Waals surface area contributed by atoms with Crippen LogP contribution in [0.25, 0.3) is 182 Å². The van der Waals surface area contributed by atoms with E-state index in [9.17, 15) is 0 Å². The highest BCUT2D eigenvalue weighted by Crippen LogP contribution is 2.46. The van der Waals surface area contributed by atoms with Crippen LogP contribution in [0.5, 0.6) is 0 Å². The third kappa shape index (κ3) is 17.0. The molecule has 0 atom stereocenters. The SMILES string of the molecule is c1ccc(-c2ccc(-c3cnc(N(c4ccc(-c5ccccc5)cc4)c4ccc5c(c4)c4ccccc4n5-c4ccccc4)nc3)cc2)cc1.c1ccc(-c2ccc(N(c3ccc4c(c3)c3ccccc3n4-c3ccccc3)c3ncc(-c4ccc5c(c4)oc4ccccc45)cn3)cc2)cc1.c1ccc(-c2ccc(N(c3ccc4c(c3)c3ccccc3n4-c3ccccc3)c3ncc(-c4ccccc4)cn3)cc2)cc1. The highest BCUT2D eigenvalue weighted by Gasteiger charge is 2.26. The fourth-order valence-corrected chi connectivity index (χ4v) is 20.1. The summed E-state index contributed by atoms with van der Waals surface area (Å²) in [5, 5.41) is 9.31. The number of furan rings is 1. The van der Waals surface area contributed by atoms with Crippen LogP contribution in [-0.2, 0) is 0 Å². The molecule has 0 aliphatic carbocycles. The van der Waals surface area contributed by atoms with Crippen LogP contribution in [-0.4, -0.2) is 43.6 Å². The van der Waals surface area contributed by atoms with Gasteiger partial charge in [-0.3, -0.25) is 14.7 Å². The Morgan fingerprint density at radius 1 is 0.145 bits per heavy atom. The van der Waals surface area contributed by atoms with Crippen LogP contribution in [0, 0.1) is 0 Å². The van der Waals surface area contributed by atoms with Gasteiger partial charge in [0.25, 0.3) is 0 Å². The maximum atomic E-state index is 6.18. The number of nitrogens with zero attached hydrogens (tertiary/aromatic N) is 12. The lowest BCUT2D eigenvalue weighted by molar-refractivity contribution is 0.669. The summed E-state index contributed by atoms with van der Waals surface area (Å²) in [5.74, 6) is 1.80. The molecule has 13 nitrogen and oxygen atoms in total. The van der Waals surface area contributed by atoms with E-state index in [4.69, 9.17) is 34.3 Å². The zero-order valence-corrected chi connectivity index (χ0v) is 78.7. The van der Waals surface area contributed by atoms with E-state index in [1.807, 2.05) is 97.8 Å². The summed E-state index contributed by atoms with van der Waals surface area (Å²) in [4.78, 5) is 36.1. The smallest absolute Gasteiger partial charge is 0.234 e. The van der Waals surface area contributed by atoms with Gasteiger partial charge in [0, 0.05) is 148 Å². The van der Waals surface area contributed by atoms with Gasteiger partial charge < -0.3 is 18.1 Å². The van der Waals surface area contributed by atoms with Crippen LogP contribution in [0.1, 0.15) is 0 Å². The van der Waals surface area contributed by atoms with Crippen LogP contribution in [0.3, 0.4) is 0 Å². The zero-order chi connectivity index (χ0) is 96.3. The van der Waals surface area contributed by atoms with Crippen LogP contribution in [0.2, 0.25) is 0 Å². The Morgan fingerprint density at radius 3 is 0.669 bits per heavy atom. The van der Waals surface area contributed by atoms with Crippen LogP contribution < -0.4 is 14.7 Å². The van der Waals surface area contributed by atoms with Crippen molar-refractivity contribution in [2.24, 2.45) is 0 Å². The van der Waals surface area contributed by atoms with Gasteiger partial charge in [-0.15, -0.1) is 0 Å². The quantitative estimate of drug-likeness (QED) is 0.0775. The lowest BCUT2D eigenvalue weighted by Gasteiger charge is -2.24.